The van der Waals surface area contributed by atoms with Crippen LogP contribution in [0.2, 0.25) is 0 Å². The predicted octanol–water partition coefficient (Wildman–Crippen LogP) is 6.58. The van der Waals surface area contributed by atoms with Crippen molar-refractivity contribution in [3.8, 4) is 10.6 Å². The van der Waals surface area contributed by atoms with Crippen LogP contribution in [0, 0.1) is 5.82 Å². The number of amides is 2. The minimum Gasteiger partial charge on any atom is -0.352 e. The van der Waals surface area contributed by atoms with E-state index in [1.54, 1.807) is 39.5 Å². The molecule has 5 heterocycles. The first-order valence-corrected chi connectivity index (χ1v) is 14.8. The molecule has 0 bridgehead atoms. The highest BCUT2D eigenvalue weighted by atomic mass is 32.1. The lowest BCUT2D eigenvalue weighted by atomic mass is 10.2. The van der Waals surface area contributed by atoms with Crippen molar-refractivity contribution in [2.75, 3.05) is 47.8 Å². The normalized spacial score (nSPS) is 15.9. The summed E-state index contributed by atoms with van der Waals surface area (Å²) in [6.45, 7) is 5.39. The van der Waals surface area contributed by atoms with Gasteiger partial charge in [-0.2, -0.15) is 0 Å². The molecule has 0 spiro atoms. The molecule has 208 valence electrons. The van der Waals surface area contributed by atoms with Crippen molar-refractivity contribution in [1.82, 2.24) is 19.4 Å². The number of pyridine rings is 1. The zero-order valence-electron chi connectivity index (χ0n) is 22.5. The number of halogens is 1. The highest BCUT2D eigenvalue weighted by Gasteiger charge is 2.31. The van der Waals surface area contributed by atoms with Crippen molar-refractivity contribution in [1.29, 1.82) is 0 Å². The van der Waals surface area contributed by atoms with E-state index in [0.29, 0.717) is 24.5 Å². The quantitative estimate of drug-likeness (QED) is 0.229. The van der Waals surface area contributed by atoms with E-state index >= 15 is 4.39 Å². The average Bonchev–Trinajstić information content (AvgIpc) is 3.80. The molecular formula is C31H30FN7OS. The minimum absolute atomic E-state index is 0.156. The summed E-state index contributed by atoms with van der Waals surface area (Å²) in [5, 5.41) is 3.25. The van der Waals surface area contributed by atoms with Crippen LogP contribution in [-0.4, -0.2) is 58.2 Å². The van der Waals surface area contributed by atoms with Crippen LogP contribution in [0.25, 0.3) is 20.8 Å². The number of fused-ring (bicyclic) bond motifs is 1. The number of benzene rings is 2. The van der Waals surface area contributed by atoms with Crippen molar-refractivity contribution in [3.63, 3.8) is 0 Å². The monoisotopic (exact) mass is 567 g/mol. The molecule has 10 heteroatoms. The number of para-hydroxylation sites is 1. The lowest BCUT2D eigenvalue weighted by molar-refractivity contribution is 0.256. The van der Waals surface area contributed by atoms with E-state index in [9.17, 15) is 4.79 Å². The molecule has 1 N–H and O–H groups in total. The van der Waals surface area contributed by atoms with Gasteiger partial charge in [-0.05, 0) is 68.4 Å². The molecule has 2 fully saturated rings. The van der Waals surface area contributed by atoms with E-state index in [4.69, 9.17) is 0 Å². The maximum Gasteiger partial charge on any atom is 0.329 e. The van der Waals surface area contributed by atoms with E-state index in [1.807, 2.05) is 48.8 Å². The van der Waals surface area contributed by atoms with Gasteiger partial charge >= 0.3 is 6.03 Å². The number of hydrogen-bond acceptors (Lipinski definition) is 6. The summed E-state index contributed by atoms with van der Waals surface area (Å²) in [5.74, 6) is -0.424. The molecule has 0 saturated carbocycles. The Morgan fingerprint density at radius 1 is 0.854 bits per heavy atom. The van der Waals surface area contributed by atoms with Gasteiger partial charge < -0.3 is 14.8 Å². The number of thiophene rings is 1. The van der Waals surface area contributed by atoms with Gasteiger partial charge in [-0.15, -0.1) is 11.3 Å². The maximum absolute atomic E-state index is 15.4. The molecule has 3 aromatic heterocycles. The first kappa shape index (κ1) is 25.7. The zero-order valence-corrected chi connectivity index (χ0v) is 23.4. The Morgan fingerprint density at radius 2 is 1.66 bits per heavy atom. The van der Waals surface area contributed by atoms with Crippen molar-refractivity contribution in [2.24, 2.45) is 0 Å². The molecule has 0 unspecified atom stereocenters. The van der Waals surface area contributed by atoms with E-state index in [-0.39, 0.29) is 6.03 Å². The molecule has 2 aliphatic heterocycles. The van der Waals surface area contributed by atoms with Crippen molar-refractivity contribution >= 4 is 50.3 Å². The van der Waals surface area contributed by atoms with Gasteiger partial charge in [-0.3, -0.25) is 14.8 Å². The molecular weight excluding hydrogens is 537 g/mol. The molecule has 0 radical (unpaired) electrons. The van der Waals surface area contributed by atoms with E-state index < -0.39 is 5.82 Å². The number of hydrogen-bond donors (Lipinski definition) is 1. The Labute approximate surface area is 241 Å². The topological polar surface area (TPSA) is 69.5 Å². The summed E-state index contributed by atoms with van der Waals surface area (Å²) in [7, 11) is 0. The second kappa shape index (κ2) is 10.9. The first-order valence-electron chi connectivity index (χ1n) is 14.0. The third-order valence-corrected chi connectivity index (χ3v) is 8.96. The van der Waals surface area contributed by atoms with Crippen LogP contribution in [0.4, 0.5) is 31.9 Å². The molecule has 2 amide bonds. The molecule has 41 heavy (non-hydrogen) atoms. The largest absolute Gasteiger partial charge is 0.352 e. The molecule has 7 rings (SSSR count). The Hall–Kier alpha value is -4.28. The van der Waals surface area contributed by atoms with Crippen LogP contribution in [0.5, 0.6) is 0 Å². The second-order valence-corrected chi connectivity index (χ2v) is 11.5. The molecule has 0 atom stereocenters. The molecule has 8 nitrogen and oxygen atoms in total. The number of carbonyl (C=O) groups excluding carboxylic acids is 1. The predicted molar refractivity (Wildman–Crippen MR) is 163 cm³/mol. The van der Waals surface area contributed by atoms with Gasteiger partial charge in [0.1, 0.15) is 5.82 Å². The van der Waals surface area contributed by atoms with Crippen molar-refractivity contribution < 1.29 is 9.18 Å². The van der Waals surface area contributed by atoms with Crippen molar-refractivity contribution in [3.05, 3.63) is 85.2 Å². The van der Waals surface area contributed by atoms with Crippen molar-refractivity contribution in [2.45, 2.75) is 19.4 Å². The van der Waals surface area contributed by atoms with E-state index in [2.05, 4.69) is 30.9 Å². The Morgan fingerprint density at radius 3 is 2.46 bits per heavy atom. The van der Waals surface area contributed by atoms with Crippen LogP contribution in [0.1, 0.15) is 12.8 Å². The summed E-state index contributed by atoms with van der Waals surface area (Å²) in [4.78, 5) is 29.1. The lowest BCUT2D eigenvalue weighted by Gasteiger charge is -2.19. The van der Waals surface area contributed by atoms with Gasteiger partial charge in [0.2, 0.25) is 0 Å². The molecule has 2 aliphatic rings. The Kier molecular flexibility index (Phi) is 6.85. The number of aromatic nitrogens is 3. The highest BCUT2D eigenvalue weighted by Crippen LogP contribution is 2.38. The van der Waals surface area contributed by atoms with Crippen LogP contribution in [0.3, 0.4) is 0 Å². The Bertz CT molecular complexity index is 1700. The fourth-order valence-corrected chi connectivity index (χ4v) is 6.62. The van der Waals surface area contributed by atoms with Gasteiger partial charge in [-0.1, -0.05) is 18.2 Å². The van der Waals surface area contributed by atoms with Gasteiger partial charge in [-0.25, -0.2) is 14.2 Å². The van der Waals surface area contributed by atoms with Gasteiger partial charge in [0, 0.05) is 49.9 Å². The second-order valence-electron chi connectivity index (χ2n) is 10.4. The summed E-state index contributed by atoms with van der Waals surface area (Å²) in [5.41, 5.74) is 4.24. The summed E-state index contributed by atoms with van der Waals surface area (Å²) in [6, 6.07) is 18.2. The summed E-state index contributed by atoms with van der Waals surface area (Å²) >= 11 is 1.59. The number of nitrogens with zero attached hydrogens (tertiary/aromatic N) is 6. The molecule has 5 aromatic rings. The van der Waals surface area contributed by atoms with Crippen LogP contribution < -0.4 is 15.1 Å². The summed E-state index contributed by atoms with van der Waals surface area (Å²) in [6.07, 6.45) is 8.29. The minimum atomic E-state index is -0.424. The molecule has 2 saturated heterocycles. The Balaban J connectivity index is 1.07. The van der Waals surface area contributed by atoms with Crippen LogP contribution >= 0.6 is 11.3 Å². The number of imidazole rings is 1. The highest BCUT2D eigenvalue weighted by molar-refractivity contribution is 7.22. The standard InChI is InChI=1S/C31H30FN7OS/c32-24-18-23(39-17-16-38(31(39)40)22-6-2-1-3-7-22)8-9-25(24)35-26-10-11-33-27-19-29(41-30(26)27)28-20-37(21-34-28)15-14-36-12-4-5-13-36/h1-3,6-11,18-21H,4-5,12-17H2,(H,33,35). The average molecular weight is 568 g/mol. The SMILES string of the molecule is O=C1N(c2ccccc2)CCN1c1ccc(Nc2ccnc3cc(-c4cn(CCN5CCCC5)cn4)sc23)c(F)c1. The van der Waals surface area contributed by atoms with Gasteiger partial charge in [0.25, 0.3) is 0 Å². The fourth-order valence-electron chi connectivity index (χ4n) is 5.58. The smallest absolute Gasteiger partial charge is 0.329 e. The van der Waals surface area contributed by atoms with Gasteiger partial charge in [0.05, 0.1) is 38.5 Å². The lowest BCUT2D eigenvalue weighted by Crippen LogP contribution is -2.31. The number of urea groups is 1. The number of carbonyl (C=O) groups is 1. The molecule has 0 aliphatic carbocycles. The first-order chi connectivity index (χ1) is 20.1. The van der Waals surface area contributed by atoms with Gasteiger partial charge in [0.15, 0.2) is 0 Å². The van der Waals surface area contributed by atoms with Crippen LogP contribution in [0.15, 0.2) is 79.4 Å². The van der Waals surface area contributed by atoms with Crippen LogP contribution in [-0.2, 0) is 6.54 Å². The molecule has 2 aromatic carbocycles. The third-order valence-electron chi connectivity index (χ3n) is 7.78. The fraction of sp³-hybridized carbons (Fsp3) is 0.258. The van der Waals surface area contributed by atoms with E-state index in [0.717, 1.165) is 45.3 Å². The third kappa shape index (κ3) is 5.16. The number of rotatable bonds is 8. The zero-order chi connectivity index (χ0) is 27.8. The summed E-state index contributed by atoms with van der Waals surface area (Å²) < 4.78 is 18.4. The number of anilines is 4. The van der Waals surface area contributed by atoms with E-state index in [1.165, 1.54) is 32.0 Å². The number of likely N-dealkylation sites (tertiary alicyclic amines) is 1. The maximum atomic E-state index is 15.4. The number of nitrogens with one attached hydrogen (secondary N) is 1.